The Morgan fingerprint density at radius 2 is 1.80 bits per heavy atom. The lowest BCUT2D eigenvalue weighted by atomic mass is 10.1. The first-order valence-electron chi connectivity index (χ1n) is 10.9. The lowest BCUT2D eigenvalue weighted by Crippen LogP contribution is -2.34. The molecular formula is C24H35N3O2S. The van der Waals surface area contributed by atoms with Crippen molar-refractivity contribution in [2.75, 3.05) is 13.1 Å². The molecule has 0 aliphatic carbocycles. The Morgan fingerprint density at radius 3 is 2.40 bits per heavy atom. The highest BCUT2D eigenvalue weighted by Crippen LogP contribution is 2.17. The van der Waals surface area contributed by atoms with Gasteiger partial charge >= 0.3 is 0 Å². The molecule has 2 rings (SSSR count). The first-order chi connectivity index (χ1) is 14.3. The second-order valence-electron chi connectivity index (χ2n) is 8.61. The van der Waals surface area contributed by atoms with Crippen LogP contribution < -0.4 is 5.32 Å². The third kappa shape index (κ3) is 7.56. The summed E-state index contributed by atoms with van der Waals surface area (Å²) in [6.07, 6.45) is 3.36. The maximum Gasteiger partial charge on any atom is 0.270 e. The Morgan fingerprint density at radius 1 is 1.10 bits per heavy atom. The number of hydrogen-bond acceptors (Lipinski definition) is 4. The van der Waals surface area contributed by atoms with Crippen molar-refractivity contribution in [3.63, 3.8) is 0 Å². The highest BCUT2D eigenvalue weighted by atomic mass is 32.1. The number of aryl methyl sites for hydroxylation is 1. The molecule has 6 heteroatoms. The first-order valence-corrected chi connectivity index (χ1v) is 11.8. The minimum atomic E-state index is -0.157. The molecule has 1 N–H and O–H groups in total. The number of amides is 2. The molecule has 2 amide bonds. The lowest BCUT2D eigenvalue weighted by Gasteiger charge is -2.24. The van der Waals surface area contributed by atoms with E-state index in [4.69, 9.17) is 0 Å². The van der Waals surface area contributed by atoms with E-state index >= 15 is 0 Å². The SMILES string of the molecule is CCCCc1ccc(C(=O)N(Cc2nc(C(=O)NCC(C)C)cs2)CC(C)C)cc1. The molecule has 164 valence electrons. The van der Waals surface area contributed by atoms with E-state index in [0.29, 0.717) is 42.7 Å². The van der Waals surface area contributed by atoms with E-state index in [-0.39, 0.29) is 11.8 Å². The zero-order chi connectivity index (χ0) is 22.1. The van der Waals surface area contributed by atoms with Crippen molar-refractivity contribution in [1.82, 2.24) is 15.2 Å². The molecule has 2 aromatic rings. The Hall–Kier alpha value is -2.21. The van der Waals surface area contributed by atoms with Crippen LogP contribution in [0.4, 0.5) is 0 Å². The Balaban J connectivity index is 2.08. The number of thiazole rings is 1. The zero-order valence-corrected chi connectivity index (χ0v) is 19.7. The molecule has 0 spiro atoms. The standard InChI is InChI=1S/C24H35N3O2S/c1-6-7-8-19-9-11-20(12-10-19)24(29)27(14-18(4)5)15-22-26-21(16-30-22)23(28)25-13-17(2)3/h9-12,16-18H,6-8,13-15H2,1-5H3,(H,25,28). The quantitative estimate of drug-likeness (QED) is 0.536. The fourth-order valence-electron chi connectivity index (χ4n) is 3.08. The normalized spacial score (nSPS) is 11.2. The molecule has 1 aromatic heterocycles. The minimum Gasteiger partial charge on any atom is -0.350 e. The fraction of sp³-hybridized carbons (Fsp3) is 0.542. The second kappa shape index (κ2) is 11.8. The summed E-state index contributed by atoms with van der Waals surface area (Å²) >= 11 is 1.43. The van der Waals surface area contributed by atoms with E-state index < -0.39 is 0 Å². The number of carbonyl (C=O) groups is 2. The van der Waals surface area contributed by atoms with Crippen LogP contribution in [0.25, 0.3) is 0 Å². The number of aromatic nitrogens is 1. The lowest BCUT2D eigenvalue weighted by molar-refractivity contribution is 0.0722. The summed E-state index contributed by atoms with van der Waals surface area (Å²) in [5, 5.41) is 5.44. The molecule has 0 saturated carbocycles. The molecule has 1 heterocycles. The van der Waals surface area contributed by atoms with Crippen LogP contribution in [0.1, 0.15) is 78.9 Å². The molecule has 0 radical (unpaired) electrons. The number of rotatable bonds is 11. The van der Waals surface area contributed by atoms with Crippen molar-refractivity contribution in [3.8, 4) is 0 Å². The monoisotopic (exact) mass is 429 g/mol. The molecule has 5 nitrogen and oxygen atoms in total. The van der Waals surface area contributed by atoms with Crippen LogP contribution in [0.2, 0.25) is 0 Å². The van der Waals surface area contributed by atoms with Crippen LogP contribution in [-0.4, -0.2) is 34.8 Å². The summed E-state index contributed by atoms with van der Waals surface area (Å²) < 4.78 is 0. The van der Waals surface area contributed by atoms with Gasteiger partial charge in [-0.05, 0) is 42.4 Å². The first kappa shape index (κ1) is 24.1. The van der Waals surface area contributed by atoms with E-state index in [9.17, 15) is 9.59 Å². The summed E-state index contributed by atoms with van der Waals surface area (Å²) in [6.45, 7) is 12.2. The van der Waals surface area contributed by atoms with Gasteiger partial charge in [0.1, 0.15) is 10.7 Å². The van der Waals surface area contributed by atoms with Crippen molar-refractivity contribution in [1.29, 1.82) is 0 Å². The van der Waals surface area contributed by atoms with Gasteiger partial charge in [-0.2, -0.15) is 0 Å². The predicted molar refractivity (Wildman–Crippen MR) is 124 cm³/mol. The number of nitrogens with zero attached hydrogens (tertiary/aromatic N) is 2. The van der Waals surface area contributed by atoms with Gasteiger partial charge in [0.15, 0.2) is 0 Å². The highest BCUT2D eigenvalue weighted by Gasteiger charge is 2.20. The molecule has 0 saturated heterocycles. The third-order valence-corrected chi connectivity index (χ3v) is 5.51. The Bertz CT molecular complexity index is 812. The predicted octanol–water partition coefficient (Wildman–Crippen LogP) is 5.17. The van der Waals surface area contributed by atoms with Gasteiger partial charge in [-0.15, -0.1) is 11.3 Å². The molecule has 0 aliphatic heterocycles. The summed E-state index contributed by atoms with van der Waals surface area (Å²) in [5.74, 6) is 0.577. The third-order valence-electron chi connectivity index (χ3n) is 4.67. The smallest absolute Gasteiger partial charge is 0.270 e. The number of carbonyl (C=O) groups excluding carboxylic acids is 2. The molecule has 30 heavy (non-hydrogen) atoms. The number of hydrogen-bond donors (Lipinski definition) is 1. The van der Waals surface area contributed by atoms with Crippen LogP contribution in [-0.2, 0) is 13.0 Å². The summed E-state index contributed by atoms with van der Waals surface area (Å²) in [5.41, 5.74) is 2.39. The zero-order valence-electron chi connectivity index (χ0n) is 18.9. The van der Waals surface area contributed by atoms with Crippen LogP contribution in [0.5, 0.6) is 0 Å². The maximum atomic E-state index is 13.2. The average Bonchev–Trinajstić information content (AvgIpc) is 3.18. The van der Waals surface area contributed by atoms with Crippen molar-refractivity contribution in [2.45, 2.75) is 60.4 Å². The van der Waals surface area contributed by atoms with E-state index in [1.165, 1.54) is 16.9 Å². The molecule has 0 fully saturated rings. The average molecular weight is 430 g/mol. The van der Waals surface area contributed by atoms with Gasteiger partial charge in [-0.3, -0.25) is 9.59 Å². The van der Waals surface area contributed by atoms with Gasteiger partial charge in [0.05, 0.1) is 6.54 Å². The number of benzene rings is 1. The highest BCUT2D eigenvalue weighted by molar-refractivity contribution is 7.09. The van der Waals surface area contributed by atoms with Crippen LogP contribution in [0.3, 0.4) is 0 Å². The van der Waals surface area contributed by atoms with Gasteiger partial charge < -0.3 is 10.2 Å². The van der Waals surface area contributed by atoms with Gasteiger partial charge in [0.25, 0.3) is 11.8 Å². The van der Waals surface area contributed by atoms with Crippen molar-refractivity contribution < 1.29 is 9.59 Å². The Labute approximate surface area is 184 Å². The van der Waals surface area contributed by atoms with E-state index in [0.717, 1.165) is 24.3 Å². The number of nitrogens with one attached hydrogen (secondary N) is 1. The summed E-state index contributed by atoms with van der Waals surface area (Å²) in [4.78, 5) is 31.7. The molecule has 0 aliphatic rings. The molecular weight excluding hydrogens is 394 g/mol. The van der Waals surface area contributed by atoms with Crippen molar-refractivity contribution in [2.24, 2.45) is 11.8 Å². The molecule has 1 aromatic carbocycles. The van der Waals surface area contributed by atoms with Crippen LogP contribution in [0, 0.1) is 11.8 Å². The van der Waals surface area contributed by atoms with Crippen LogP contribution in [0.15, 0.2) is 29.6 Å². The molecule has 0 atom stereocenters. The van der Waals surface area contributed by atoms with Crippen molar-refractivity contribution >= 4 is 23.2 Å². The summed E-state index contributed by atoms with van der Waals surface area (Å²) in [7, 11) is 0. The van der Waals surface area contributed by atoms with Gasteiger partial charge in [-0.25, -0.2) is 4.98 Å². The number of unbranched alkanes of at least 4 members (excludes halogenated alkanes) is 1. The summed E-state index contributed by atoms with van der Waals surface area (Å²) in [6, 6.07) is 7.95. The fourth-order valence-corrected chi connectivity index (χ4v) is 3.86. The van der Waals surface area contributed by atoms with Gasteiger partial charge in [-0.1, -0.05) is 53.2 Å². The van der Waals surface area contributed by atoms with Gasteiger partial charge in [0, 0.05) is 24.0 Å². The second-order valence-corrected chi connectivity index (χ2v) is 9.55. The molecule has 0 bridgehead atoms. The Kier molecular flexibility index (Phi) is 9.50. The van der Waals surface area contributed by atoms with Gasteiger partial charge in [0.2, 0.25) is 0 Å². The van der Waals surface area contributed by atoms with E-state index in [2.05, 4.69) is 57.1 Å². The maximum absolute atomic E-state index is 13.2. The van der Waals surface area contributed by atoms with E-state index in [1.54, 1.807) is 5.38 Å². The van der Waals surface area contributed by atoms with Crippen LogP contribution >= 0.6 is 11.3 Å². The minimum absolute atomic E-state index is 0.00625. The largest absolute Gasteiger partial charge is 0.350 e. The van der Waals surface area contributed by atoms with Crippen molar-refractivity contribution in [3.05, 3.63) is 51.5 Å². The topological polar surface area (TPSA) is 62.3 Å². The van der Waals surface area contributed by atoms with E-state index in [1.807, 2.05) is 17.0 Å². The molecule has 0 unspecified atom stereocenters.